The van der Waals surface area contributed by atoms with Crippen LogP contribution in [-0.4, -0.2) is 27.8 Å². The summed E-state index contributed by atoms with van der Waals surface area (Å²) >= 11 is 6.20. The Hall–Kier alpha value is -0.930. The number of halogens is 1. The maximum atomic E-state index is 6.20. The van der Waals surface area contributed by atoms with E-state index in [1.54, 1.807) is 14.2 Å². The van der Waals surface area contributed by atoms with Crippen molar-refractivity contribution in [1.29, 1.82) is 0 Å². The summed E-state index contributed by atoms with van der Waals surface area (Å²) in [4.78, 5) is 0. The van der Waals surface area contributed by atoms with E-state index in [-0.39, 0.29) is 0 Å². The number of methoxy groups -OCH3 is 2. The highest BCUT2D eigenvalue weighted by Crippen LogP contribution is 2.33. The Balaban J connectivity index is 2.71. The van der Waals surface area contributed by atoms with Gasteiger partial charge in [-0.2, -0.15) is 0 Å². The topological polar surface area (TPSA) is 30.5 Å². The molecule has 0 amide bonds. The average molecular weight is 258 g/mol. The van der Waals surface area contributed by atoms with Gasteiger partial charge in [0.15, 0.2) is 11.5 Å². The molecule has 17 heavy (non-hydrogen) atoms. The van der Waals surface area contributed by atoms with Gasteiger partial charge in [-0.05, 0) is 44.5 Å². The van der Waals surface area contributed by atoms with Gasteiger partial charge in [-0.25, -0.2) is 0 Å². The van der Waals surface area contributed by atoms with Gasteiger partial charge in [0, 0.05) is 11.1 Å². The zero-order valence-electron chi connectivity index (χ0n) is 10.7. The van der Waals surface area contributed by atoms with Crippen LogP contribution in [0.5, 0.6) is 11.5 Å². The third-order valence-electron chi connectivity index (χ3n) is 2.68. The minimum Gasteiger partial charge on any atom is -0.493 e. The molecule has 0 saturated carbocycles. The number of aryl methyl sites for hydroxylation is 1. The third-order valence-corrected chi connectivity index (χ3v) is 3.03. The van der Waals surface area contributed by atoms with Gasteiger partial charge in [-0.15, -0.1) is 0 Å². The summed E-state index contributed by atoms with van der Waals surface area (Å²) < 4.78 is 10.5. The molecule has 1 rings (SSSR count). The fraction of sp³-hybridized carbons (Fsp3) is 0.538. The predicted molar refractivity (Wildman–Crippen MR) is 71.4 cm³/mol. The predicted octanol–water partition coefficient (Wildman–Crippen LogP) is 2.90. The average Bonchev–Trinajstić information content (AvgIpc) is 2.35. The second kappa shape index (κ2) is 7.41. The normalized spacial score (nSPS) is 10.4. The van der Waals surface area contributed by atoms with Crippen molar-refractivity contribution in [2.45, 2.75) is 19.3 Å². The molecule has 0 spiro atoms. The maximum absolute atomic E-state index is 6.20. The zero-order valence-corrected chi connectivity index (χ0v) is 11.4. The summed E-state index contributed by atoms with van der Waals surface area (Å²) in [5.41, 5.74) is 1.11. The van der Waals surface area contributed by atoms with Gasteiger partial charge < -0.3 is 14.8 Å². The van der Waals surface area contributed by atoms with E-state index < -0.39 is 0 Å². The molecule has 0 saturated heterocycles. The molecule has 0 aliphatic heterocycles. The van der Waals surface area contributed by atoms with Gasteiger partial charge >= 0.3 is 0 Å². The molecule has 1 aromatic rings. The van der Waals surface area contributed by atoms with E-state index in [1.807, 2.05) is 19.2 Å². The monoisotopic (exact) mass is 257 g/mol. The first-order valence-corrected chi connectivity index (χ1v) is 6.15. The van der Waals surface area contributed by atoms with Gasteiger partial charge in [0.05, 0.1) is 14.2 Å². The molecule has 1 N–H and O–H groups in total. The van der Waals surface area contributed by atoms with Crippen molar-refractivity contribution in [3.05, 3.63) is 22.7 Å². The highest BCUT2D eigenvalue weighted by atomic mass is 35.5. The Morgan fingerprint density at radius 1 is 1.12 bits per heavy atom. The van der Waals surface area contributed by atoms with Crippen LogP contribution < -0.4 is 14.8 Å². The Morgan fingerprint density at radius 2 is 1.76 bits per heavy atom. The van der Waals surface area contributed by atoms with Crippen molar-refractivity contribution in [1.82, 2.24) is 5.32 Å². The molecule has 0 fully saturated rings. The SMILES string of the molecule is CNCCCCc1cc(OC)c(OC)cc1Cl. The standard InChI is InChI=1S/C13H20ClNO2/c1-15-7-5-4-6-10-8-12(16-2)13(17-3)9-11(10)14/h8-9,15H,4-7H2,1-3H3. The summed E-state index contributed by atoms with van der Waals surface area (Å²) in [5, 5.41) is 3.87. The molecule has 0 bridgehead atoms. The fourth-order valence-electron chi connectivity index (χ4n) is 1.71. The number of hydrogen-bond acceptors (Lipinski definition) is 3. The van der Waals surface area contributed by atoms with Gasteiger partial charge in [0.2, 0.25) is 0 Å². The smallest absolute Gasteiger partial charge is 0.162 e. The Morgan fingerprint density at radius 3 is 2.35 bits per heavy atom. The first-order chi connectivity index (χ1) is 8.22. The second-order valence-corrected chi connectivity index (χ2v) is 4.27. The number of benzene rings is 1. The molecule has 0 atom stereocenters. The van der Waals surface area contributed by atoms with Gasteiger partial charge in [0.1, 0.15) is 0 Å². The van der Waals surface area contributed by atoms with Gasteiger partial charge in [-0.1, -0.05) is 11.6 Å². The van der Waals surface area contributed by atoms with Crippen LogP contribution in [0.3, 0.4) is 0 Å². The van der Waals surface area contributed by atoms with E-state index >= 15 is 0 Å². The van der Waals surface area contributed by atoms with Gasteiger partial charge in [0.25, 0.3) is 0 Å². The molecule has 4 heteroatoms. The quantitative estimate of drug-likeness (QED) is 0.762. The van der Waals surface area contributed by atoms with E-state index in [2.05, 4.69) is 5.32 Å². The Bertz CT molecular complexity index is 356. The summed E-state index contributed by atoms with van der Waals surface area (Å²) in [6.07, 6.45) is 3.21. The lowest BCUT2D eigenvalue weighted by molar-refractivity contribution is 0.354. The first kappa shape index (κ1) is 14.1. The number of rotatable bonds is 7. The van der Waals surface area contributed by atoms with Crippen molar-refractivity contribution in [2.75, 3.05) is 27.8 Å². The van der Waals surface area contributed by atoms with Crippen LogP contribution in [0.1, 0.15) is 18.4 Å². The largest absolute Gasteiger partial charge is 0.493 e. The highest BCUT2D eigenvalue weighted by Gasteiger charge is 2.09. The lowest BCUT2D eigenvalue weighted by Gasteiger charge is -2.11. The minimum atomic E-state index is 0.677. The Kier molecular flexibility index (Phi) is 6.16. The van der Waals surface area contributed by atoms with Crippen LogP contribution in [0.25, 0.3) is 0 Å². The lowest BCUT2D eigenvalue weighted by atomic mass is 10.1. The van der Waals surface area contributed by atoms with Crippen LogP contribution in [0.2, 0.25) is 5.02 Å². The molecule has 96 valence electrons. The van der Waals surface area contributed by atoms with E-state index in [0.717, 1.165) is 42.1 Å². The summed E-state index contributed by atoms with van der Waals surface area (Å²) in [6, 6.07) is 3.77. The molecule has 1 aromatic carbocycles. The molecule has 0 radical (unpaired) electrons. The van der Waals surface area contributed by atoms with Gasteiger partial charge in [-0.3, -0.25) is 0 Å². The molecule has 0 aliphatic carbocycles. The maximum Gasteiger partial charge on any atom is 0.162 e. The molecule has 0 aliphatic rings. The van der Waals surface area contributed by atoms with E-state index in [0.29, 0.717) is 5.75 Å². The van der Waals surface area contributed by atoms with E-state index in [4.69, 9.17) is 21.1 Å². The fourth-order valence-corrected chi connectivity index (χ4v) is 1.95. The van der Waals surface area contributed by atoms with E-state index in [9.17, 15) is 0 Å². The molecule has 0 unspecified atom stereocenters. The molecule has 3 nitrogen and oxygen atoms in total. The van der Waals surface area contributed by atoms with Crippen LogP contribution in [0, 0.1) is 0 Å². The summed E-state index contributed by atoms with van der Waals surface area (Å²) in [6.45, 7) is 1.03. The van der Waals surface area contributed by atoms with Crippen molar-refractivity contribution < 1.29 is 9.47 Å². The van der Waals surface area contributed by atoms with Crippen LogP contribution >= 0.6 is 11.6 Å². The summed E-state index contributed by atoms with van der Waals surface area (Å²) in [5.74, 6) is 1.41. The molecule has 0 aromatic heterocycles. The van der Waals surface area contributed by atoms with Crippen molar-refractivity contribution in [3.63, 3.8) is 0 Å². The highest BCUT2D eigenvalue weighted by molar-refractivity contribution is 6.31. The van der Waals surface area contributed by atoms with E-state index in [1.165, 1.54) is 0 Å². The van der Waals surface area contributed by atoms with Crippen molar-refractivity contribution in [3.8, 4) is 11.5 Å². The van der Waals surface area contributed by atoms with Crippen molar-refractivity contribution >= 4 is 11.6 Å². The number of nitrogens with one attached hydrogen (secondary N) is 1. The zero-order chi connectivity index (χ0) is 12.7. The summed E-state index contributed by atoms with van der Waals surface area (Å²) in [7, 11) is 5.21. The minimum absolute atomic E-state index is 0.677. The first-order valence-electron chi connectivity index (χ1n) is 5.78. The second-order valence-electron chi connectivity index (χ2n) is 3.86. The van der Waals surface area contributed by atoms with Crippen molar-refractivity contribution in [2.24, 2.45) is 0 Å². The Labute approximate surface area is 108 Å². The molecule has 0 heterocycles. The van der Waals surface area contributed by atoms with Crippen LogP contribution in [-0.2, 0) is 6.42 Å². The molecular formula is C13H20ClNO2. The third kappa shape index (κ3) is 4.10. The van der Waals surface area contributed by atoms with Crippen LogP contribution in [0.4, 0.5) is 0 Å². The number of hydrogen-bond donors (Lipinski definition) is 1. The molecular weight excluding hydrogens is 238 g/mol. The number of unbranched alkanes of at least 4 members (excludes halogenated alkanes) is 1. The lowest BCUT2D eigenvalue weighted by Crippen LogP contribution is -2.07. The number of ether oxygens (including phenoxy) is 2. The van der Waals surface area contributed by atoms with Crippen LogP contribution in [0.15, 0.2) is 12.1 Å².